The summed E-state index contributed by atoms with van der Waals surface area (Å²) in [4.78, 5) is 0. The Morgan fingerprint density at radius 1 is 1.21 bits per heavy atom. The van der Waals surface area contributed by atoms with Gasteiger partial charge in [-0.3, -0.25) is 0 Å². The van der Waals surface area contributed by atoms with Crippen LogP contribution >= 0.6 is 11.6 Å². The highest BCUT2D eigenvalue weighted by Gasteiger charge is 2.18. The average molecular weight is 346 g/mol. The van der Waals surface area contributed by atoms with Crippen molar-refractivity contribution in [3.05, 3.63) is 58.9 Å². The van der Waals surface area contributed by atoms with Crippen LogP contribution in [0.5, 0.6) is 5.75 Å². The van der Waals surface area contributed by atoms with E-state index in [2.05, 4.69) is 35.1 Å². The van der Waals surface area contributed by atoms with E-state index in [1.165, 1.54) is 11.1 Å². The number of imidazole rings is 1. The number of nitrogens with zero attached hydrogens (tertiary/aromatic N) is 2. The van der Waals surface area contributed by atoms with E-state index in [1.807, 2.05) is 25.5 Å². The van der Waals surface area contributed by atoms with Gasteiger partial charge in [0.25, 0.3) is 0 Å². The molecule has 1 atom stereocenters. The van der Waals surface area contributed by atoms with Crippen molar-refractivity contribution in [2.45, 2.75) is 26.5 Å². The summed E-state index contributed by atoms with van der Waals surface area (Å²) >= 11 is 6.07. The fourth-order valence-electron chi connectivity index (χ4n) is 2.80. The molecule has 1 aromatic heterocycles. The highest BCUT2D eigenvalue weighted by molar-refractivity contribution is 6.32. The number of aryl methyl sites for hydroxylation is 3. The van der Waals surface area contributed by atoms with Gasteiger partial charge in [0.15, 0.2) is 11.0 Å². The maximum Gasteiger partial charge on any atom is 0.244 e. The standard InChI is InChI=1S/C19H22ClN2O2/c1-13-8-17-18(9-14(13)2)22(12-21(17)3)10-15(23)11-24-19-7-5-4-6-16(19)20/h4-9,12,15,23H,10-11H2,1-3H3/q+1/t15-/m0/s1. The molecule has 0 saturated heterocycles. The molecule has 0 saturated carbocycles. The first-order valence-corrected chi connectivity index (χ1v) is 8.34. The lowest BCUT2D eigenvalue weighted by Gasteiger charge is -2.12. The van der Waals surface area contributed by atoms with Gasteiger partial charge < -0.3 is 9.84 Å². The number of hydrogen-bond donors (Lipinski definition) is 1. The average Bonchev–Trinajstić information content (AvgIpc) is 2.83. The molecule has 0 spiro atoms. The molecule has 0 radical (unpaired) electrons. The van der Waals surface area contributed by atoms with Crippen molar-refractivity contribution in [1.29, 1.82) is 0 Å². The number of aromatic nitrogens is 2. The number of aliphatic hydroxyl groups excluding tert-OH is 1. The van der Waals surface area contributed by atoms with E-state index in [0.717, 1.165) is 11.0 Å². The van der Waals surface area contributed by atoms with Gasteiger partial charge in [-0.25, -0.2) is 9.13 Å². The molecule has 0 amide bonds. The number of aliphatic hydroxyl groups is 1. The van der Waals surface area contributed by atoms with Crippen LogP contribution < -0.4 is 9.30 Å². The van der Waals surface area contributed by atoms with E-state index in [0.29, 0.717) is 17.3 Å². The lowest BCUT2D eigenvalue weighted by Crippen LogP contribution is -2.27. The van der Waals surface area contributed by atoms with Gasteiger partial charge in [-0.05, 0) is 49.2 Å². The molecule has 4 nitrogen and oxygen atoms in total. The first-order valence-electron chi connectivity index (χ1n) is 7.97. The first-order chi connectivity index (χ1) is 11.5. The van der Waals surface area contributed by atoms with Crippen molar-refractivity contribution < 1.29 is 14.4 Å². The number of fused-ring (bicyclic) bond motifs is 1. The minimum absolute atomic E-state index is 0.192. The number of benzene rings is 2. The Hall–Kier alpha value is -2.04. The molecular weight excluding hydrogens is 324 g/mol. The summed E-state index contributed by atoms with van der Waals surface area (Å²) in [5, 5.41) is 10.9. The Bertz CT molecular complexity index is 873. The Labute approximate surface area is 146 Å². The molecule has 0 bridgehead atoms. The monoisotopic (exact) mass is 345 g/mol. The summed E-state index contributed by atoms with van der Waals surface area (Å²) in [7, 11) is 2.01. The fraction of sp³-hybridized carbons (Fsp3) is 0.316. The second kappa shape index (κ2) is 6.83. The number of para-hydroxylation sites is 1. The summed E-state index contributed by atoms with van der Waals surface area (Å²) in [6.45, 7) is 4.86. The van der Waals surface area contributed by atoms with Gasteiger partial charge in [-0.1, -0.05) is 23.7 Å². The van der Waals surface area contributed by atoms with Gasteiger partial charge in [0.05, 0.1) is 12.1 Å². The summed E-state index contributed by atoms with van der Waals surface area (Å²) in [5.41, 5.74) is 4.76. The van der Waals surface area contributed by atoms with Crippen LogP contribution in [-0.4, -0.2) is 22.4 Å². The normalized spacial score (nSPS) is 12.5. The van der Waals surface area contributed by atoms with Crippen LogP contribution in [0.15, 0.2) is 42.7 Å². The second-order valence-corrected chi connectivity index (χ2v) is 6.61. The van der Waals surface area contributed by atoms with Gasteiger partial charge in [-0.2, -0.15) is 0 Å². The summed E-state index contributed by atoms with van der Waals surface area (Å²) in [5.74, 6) is 0.590. The van der Waals surface area contributed by atoms with Crippen molar-refractivity contribution in [3.8, 4) is 5.75 Å². The van der Waals surface area contributed by atoms with E-state index < -0.39 is 6.10 Å². The Morgan fingerprint density at radius 3 is 2.67 bits per heavy atom. The smallest absolute Gasteiger partial charge is 0.244 e. The van der Waals surface area contributed by atoms with Crippen LogP contribution in [0, 0.1) is 13.8 Å². The molecule has 3 rings (SSSR count). The molecule has 0 aliphatic heterocycles. The minimum atomic E-state index is -0.626. The lowest BCUT2D eigenvalue weighted by atomic mass is 10.1. The van der Waals surface area contributed by atoms with E-state index in [9.17, 15) is 5.11 Å². The third-order valence-corrected chi connectivity index (χ3v) is 4.58. The molecular formula is C19H22ClN2O2+. The van der Waals surface area contributed by atoms with Crippen molar-refractivity contribution in [1.82, 2.24) is 4.57 Å². The second-order valence-electron chi connectivity index (χ2n) is 6.20. The predicted molar refractivity (Wildman–Crippen MR) is 95.5 cm³/mol. The zero-order valence-electron chi connectivity index (χ0n) is 14.2. The molecule has 0 aliphatic carbocycles. The van der Waals surface area contributed by atoms with Crippen molar-refractivity contribution >= 4 is 22.6 Å². The number of ether oxygens (including phenoxy) is 1. The number of halogens is 1. The molecule has 5 heteroatoms. The van der Waals surface area contributed by atoms with Crippen LogP contribution in [0.25, 0.3) is 11.0 Å². The van der Waals surface area contributed by atoms with E-state index in [1.54, 1.807) is 12.1 Å². The zero-order valence-corrected chi connectivity index (χ0v) is 14.9. The van der Waals surface area contributed by atoms with E-state index in [-0.39, 0.29) is 6.61 Å². The van der Waals surface area contributed by atoms with Gasteiger partial charge in [0, 0.05) is 0 Å². The van der Waals surface area contributed by atoms with Gasteiger partial charge in [0.1, 0.15) is 25.0 Å². The van der Waals surface area contributed by atoms with Crippen molar-refractivity contribution in [2.24, 2.45) is 7.05 Å². The van der Waals surface area contributed by atoms with Gasteiger partial charge in [0.2, 0.25) is 6.33 Å². The highest BCUT2D eigenvalue weighted by Crippen LogP contribution is 2.23. The first kappa shape index (κ1) is 16.8. The van der Waals surface area contributed by atoms with Crippen LogP contribution in [0.3, 0.4) is 0 Å². The van der Waals surface area contributed by atoms with Crippen LogP contribution in [0.4, 0.5) is 0 Å². The molecule has 24 heavy (non-hydrogen) atoms. The van der Waals surface area contributed by atoms with Crippen LogP contribution in [-0.2, 0) is 13.6 Å². The quantitative estimate of drug-likeness (QED) is 0.721. The predicted octanol–water partition coefficient (Wildman–Crippen LogP) is 3.18. The van der Waals surface area contributed by atoms with Crippen molar-refractivity contribution in [3.63, 3.8) is 0 Å². The molecule has 3 aromatic rings. The third-order valence-electron chi connectivity index (χ3n) is 4.27. The zero-order chi connectivity index (χ0) is 17.3. The third kappa shape index (κ3) is 3.40. The Balaban J connectivity index is 1.75. The van der Waals surface area contributed by atoms with Gasteiger partial charge >= 0.3 is 0 Å². The van der Waals surface area contributed by atoms with Crippen molar-refractivity contribution in [2.75, 3.05) is 6.61 Å². The summed E-state index contributed by atoms with van der Waals surface area (Å²) in [6.07, 6.45) is 1.38. The largest absolute Gasteiger partial charge is 0.489 e. The number of hydrogen-bond acceptors (Lipinski definition) is 2. The van der Waals surface area contributed by atoms with Gasteiger partial charge in [-0.15, -0.1) is 0 Å². The SMILES string of the molecule is Cc1cc2c(cc1C)[n+](C)cn2C[C@H](O)COc1ccccc1Cl. The highest BCUT2D eigenvalue weighted by atomic mass is 35.5. The Morgan fingerprint density at radius 2 is 1.92 bits per heavy atom. The molecule has 0 fully saturated rings. The molecule has 0 unspecified atom stereocenters. The molecule has 0 aliphatic rings. The topological polar surface area (TPSA) is 38.3 Å². The van der Waals surface area contributed by atoms with Crippen LogP contribution in [0.1, 0.15) is 11.1 Å². The molecule has 126 valence electrons. The summed E-state index contributed by atoms with van der Waals surface area (Å²) in [6, 6.07) is 11.6. The summed E-state index contributed by atoms with van der Waals surface area (Å²) < 4.78 is 9.76. The minimum Gasteiger partial charge on any atom is -0.489 e. The fourth-order valence-corrected chi connectivity index (χ4v) is 3.00. The lowest BCUT2D eigenvalue weighted by molar-refractivity contribution is -0.645. The molecule has 1 heterocycles. The maximum absolute atomic E-state index is 10.3. The number of rotatable bonds is 5. The van der Waals surface area contributed by atoms with E-state index in [4.69, 9.17) is 16.3 Å². The molecule has 1 N–H and O–H groups in total. The molecule has 2 aromatic carbocycles. The van der Waals surface area contributed by atoms with Crippen LogP contribution in [0.2, 0.25) is 5.02 Å². The maximum atomic E-state index is 10.3. The van der Waals surface area contributed by atoms with E-state index >= 15 is 0 Å². The Kier molecular flexibility index (Phi) is 4.78.